The molecule has 4 amide bonds. The van der Waals surface area contributed by atoms with E-state index in [1.807, 2.05) is 5.32 Å². The molecule has 2 N–H and O–H groups in total. The number of carbonyl (C=O) groups excluding carboxylic acids is 3. The van der Waals surface area contributed by atoms with Crippen LogP contribution in [0.1, 0.15) is 83.5 Å². The maximum atomic E-state index is 13.9. The smallest absolute Gasteiger partial charge is 0.318 e. The second kappa shape index (κ2) is 8.92. The number of imide groups is 1. The summed E-state index contributed by atoms with van der Waals surface area (Å²) in [5.74, 6) is -1.94. The largest absolute Gasteiger partial charge is 0.440 e. The summed E-state index contributed by atoms with van der Waals surface area (Å²) in [6.07, 6.45) is 4.89. The van der Waals surface area contributed by atoms with Crippen molar-refractivity contribution in [2.45, 2.75) is 101 Å². The van der Waals surface area contributed by atoms with Crippen LogP contribution in [0.25, 0.3) is 0 Å². The minimum absolute atomic E-state index is 0.0882. The van der Waals surface area contributed by atoms with E-state index >= 15 is 0 Å². The van der Waals surface area contributed by atoms with Gasteiger partial charge >= 0.3 is 12.2 Å². The van der Waals surface area contributed by atoms with E-state index in [1.165, 1.54) is 0 Å². The maximum Gasteiger partial charge on any atom is 0.440 e. The number of halogens is 3. The third kappa shape index (κ3) is 4.69. The first-order valence-electron chi connectivity index (χ1n) is 10.8. The van der Waals surface area contributed by atoms with Gasteiger partial charge in [-0.1, -0.05) is 57.8 Å². The summed E-state index contributed by atoms with van der Waals surface area (Å²) < 4.78 is 41.8. The van der Waals surface area contributed by atoms with Crippen molar-refractivity contribution in [3.63, 3.8) is 0 Å². The summed E-state index contributed by atoms with van der Waals surface area (Å²) in [5, 5.41) is 3.62. The zero-order valence-electron chi connectivity index (χ0n) is 16.7. The highest BCUT2D eigenvalue weighted by Crippen LogP contribution is 2.37. The van der Waals surface area contributed by atoms with Gasteiger partial charge in [0.15, 0.2) is 0 Å². The molecule has 0 aromatic heterocycles. The normalized spacial score (nSPS) is 27.6. The second-order valence-corrected chi connectivity index (χ2v) is 8.59. The van der Waals surface area contributed by atoms with Gasteiger partial charge in [0.25, 0.3) is 11.6 Å². The van der Waals surface area contributed by atoms with Gasteiger partial charge in [-0.05, 0) is 25.2 Å². The molecular formula is C20H30F3N3O3. The first-order valence-corrected chi connectivity index (χ1v) is 10.8. The molecule has 0 unspecified atom stereocenters. The first kappa shape index (κ1) is 21.9. The standard InChI is InChI=1S/C20H30F3N3O3/c21-20(22,23)19(24-16(27)13-12-14-8-4-3-5-9-14)17(28)26(18(29)25-19)15-10-6-1-2-7-11-15/h14-15H,1-13H2,(H,24,27)(H,25,29)/t19-/m0/s1. The molecule has 1 aliphatic heterocycles. The summed E-state index contributed by atoms with van der Waals surface area (Å²) >= 11 is 0. The van der Waals surface area contributed by atoms with Crippen LogP contribution < -0.4 is 10.6 Å². The van der Waals surface area contributed by atoms with Crippen LogP contribution in [-0.2, 0) is 9.59 Å². The van der Waals surface area contributed by atoms with Crippen LogP contribution in [-0.4, -0.2) is 40.6 Å². The van der Waals surface area contributed by atoms with Crippen molar-refractivity contribution < 1.29 is 27.6 Å². The van der Waals surface area contributed by atoms with Gasteiger partial charge in [-0.3, -0.25) is 19.8 Å². The van der Waals surface area contributed by atoms with Crippen LogP contribution in [0.2, 0.25) is 0 Å². The topological polar surface area (TPSA) is 78.5 Å². The number of urea groups is 1. The molecule has 6 nitrogen and oxygen atoms in total. The quantitative estimate of drug-likeness (QED) is 0.524. The van der Waals surface area contributed by atoms with E-state index in [0.717, 1.165) is 57.8 Å². The number of alkyl halides is 3. The van der Waals surface area contributed by atoms with Gasteiger partial charge in [-0.25, -0.2) is 4.79 Å². The van der Waals surface area contributed by atoms with Gasteiger partial charge in [-0.15, -0.1) is 0 Å². The fraction of sp³-hybridized carbons (Fsp3) is 0.850. The van der Waals surface area contributed by atoms with E-state index in [-0.39, 0.29) is 6.42 Å². The van der Waals surface area contributed by atoms with Crippen molar-refractivity contribution in [3.8, 4) is 0 Å². The molecule has 0 aromatic carbocycles. The molecule has 0 radical (unpaired) electrons. The van der Waals surface area contributed by atoms with Crippen LogP contribution in [0, 0.1) is 5.92 Å². The summed E-state index contributed by atoms with van der Waals surface area (Å²) in [4.78, 5) is 38.3. The Kier molecular flexibility index (Phi) is 6.73. The SMILES string of the molecule is O=C(CCC1CCCCC1)N[C@]1(C(F)(F)F)NC(=O)N(C2CCCCCC2)C1=O. The van der Waals surface area contributed by atoms with E-state index in [9.17, 15) is 27.6 Å². The number of hydrogen-bond donors (Lipinski definition) is 2. The molecule has 3 rings (SSSR count). The highest BCUT2D eigenvalue weighted by atomic mass is 19.4. The Labute approximate surface area is 168 Å². The van der Waals surface area contributed by atoms with E-state index < -0.39 is 35.7 Å². The number of nitrogens with zero attached hydrogens (tertiary/aromatic N) is 1. The number of amides is 4. The van der Waals surface area contributed by atoms with Crippen molar-refractivity contribution >= 4 is 17.8 Å². The molecule has 29 heavy (non-hydrogen) atoms. The molecule has 3 fully saturated rings. The Morgan fingerprint density at radius 2 is 1.55 bits per heavy atom. The van der Waals surface area contributed by atoms with Gasteiger partial charge in [0.1, 0.15) is 0 Å². The lowest BCUT2D eigenvalue weighted by atomic mass is 9.86. The van der Waals surface area contributed by atoms with Crippen LogP contribution in [0.15, 0.2) is 0 Å². The van der Waals surface area contributed by atoms with Crippen molar-refractivity contribution in [2.24, 2.45) is 5.92 Å². The Bertz CT molecular complexity index is 626. The highest BCUT2D eigenvalue weighted by Gasteiger charge is 2.69. The lowest BCUT2D eigenvalue weighted by Crippen LogP contribution is -2.69. The molecular weight excluding hydrogens is 387 g/mol. The van der Waals surface area contributed by atoms with Crippen molar-refractivity contribution in [3.05, 3.63) is 0 Å². The highest BCUT2D eigenvalue weighted by molar-refractivity contribution is 6.09. The molecule has 164 valence electrons. The minimum atomic E-state index is -5.13. The number of nitrogens with one attached hydrogen (secondary N) is 2. The summed E-state index contributed by atoms with van der Waals surface area (Å²) in [5.41, 5.74) is -3.36. The van der Waals surface area contributed by atoms with Crippen molar-refractivity contribution in [2.75, 3.05) is 0 Å². The van der Waals surface area contributed by atoms with E-state index in [0.29, 0.717) is 30.1 Å². The molecule has 2 aliphatic carbocycles. The van der Waals surface area contributed by atoms with Gasteiger partial charge in [0.2, 0.25) is 5.91 Å². The van der Waals surface area contributed by atoms with E-state index in [1.54, 1.807) is 5.32 Å². The van der Waals surface area contributed by atoms with Crippen LogP contribution in [0.4, 0.5) is 18.0 Å². The predicted molar refractivity (Wildman–Crippen MR) is 99.6 cm³/mol. The Balaban J connectivity index is 1.71. The van der Waals surface area contributed by atoms with Crippen molar-refractivity contribution in [1.29, 1.82) is 0 Å². The van der Waals surface area contributed by atoms with Gasteiger partial charge in [-0.2, -0.15) is 13.2 Å². The second-order valence-electron chi connectivity index (χ2n) is 8.59. The van der Waals surface area contributed by atoms with E-state index in [2.05, 4.69) is 0 Å². The van der Waals surface area contributed by atoms with Crippen molar-refractivity contribution in [1.82, 2.24) is 15.5 Å². The third-order valence-electron chi connectivity index (χ3n) is 6.50. The summed E-state index contributed by atoms with van der Waals surface area (Å²) in [7, 11) is 0. The average Bonchev–Trinajstić information content (AvgIpc) is 2.84. The zero-order valence-corrected chi connectivity index (χ0v) is 16.7. The number of carbonyl (C=O) groups is 3. The average molecular weight is 417 g/mol. The van der Waals surface area contributed by atoms with Crippen LogP contribution in [0.3, 0.4) is 0 Å². The maximum absolute atomic E-state index is 13.9. The first-order chi connectivity index (χ1) is 13.7. The zero-order chi connectivity index (χ0) is 21.1. The Morgan fingerprint density at radius 1 is 1.00 bits per heavy atom. The molecule has 0 aromatic rings. The molecule has 3 aliphatic rings. The molecule has 1 heterocycles. The number of rotatable bonds is 5. The molecule has 1 saturated heterocycles. The minimum Gasteiger partial charge on any atom is -0.318 e. The van der Waals surface area contributed by atoms with Crippen LogP contribution >= 0.6 is 0 Å². The van der Waals surface area contributed by atoms with Crippen LogP contribution in [0.5, 0.6) is 0 Å². The monoisotopic (exact) mass is 417 g/mol. The summed E-state index contributed by atoms with van der Waals surface area (Å²) in [6, 6.07) is -1.64. The van der Waals surface area contributed by atoms with Gasteiger partial charge in [0.05, 0.1) is 0 Å². The molecule has 0 bridgehead atoms. The number of hydrogen-bond acceptors (Lipinski definition) is 3. The molecule has 2 saturated carbocycles. The summed E-state index contributed by atoms with van der Waals surface area (Å²) in [6.45, 7) is 0. The Hall–Kier alpha value is -1.80. The van der Waals surface area contributed by atoms with E-state index in [4.69, 9.17) is 0 Å². The molecule has 1 atom stereocenters. The lowest BCUT2D eigenvalue weighted by molar-refractivity contribution is -0.204. The van der Waals surface area contributed by atoms with Gasteiger partial charge < -0.3 is 5.32 Å². The molecule has 0 spiro atoms. The Morgan fingerprint density at radius 3 is 2.14 bits per heavy atom. The fourth-order valence-corrected chi connectivity index (χ4v) is 4.83. The molecule has 9 heteroatoms. The predicted octanol–water partition coefficient (Wildman–Crippen LogP) is 4.00. The van der Waals surface area contributed by atoms with Gasteiger partial charge in [0, 0.05) is 12.5 Å². The fourth-order valence-electron chi connectivity index (χ4n) is 4.83. The third-order valence-corrected chi connectivity index (χ3v) is 6.50. The lowest BCUT2D eigenvalue weighted by Gasteiger charge is -2.31.